The number of halogens is 1. The van der Waals surface area contributed by atoms with E-state index in [1.54, 1.807) is 23.3 Å². The molecule has 0 unspecified atom stereocenters. The zero-order chi connectivity index (χ0) is 19.1. The molecule has 0 bridgehead atoms. The molecule has 0 atom stereocenters. The Labute approximate surface area is 165 Å². The Bertz CT molecular complexity index is 1310. The van der Waals surface area contributed by atoms with Crippen LogP contribution >= 0.6 is 11.6 Å². The first-order valence-corrected chi connectivity index (χ1v) is 9.11. The molecule has 1 aromatic carbocycles. The summed E-state index contributed by atoms with van der Waals surface area (Å²) in [5.41, 5.74) is 3.74. The van der Waals surface area contributed by atoms with Crippen LogP contribution in [0.1, 0.15) is 0 Å². The molecule has 0 amide bonds. The second-order valence-electron chi connectivity index (χ2n) is 6.49. The summed E-state index contributed by atoms with van der Waals surface area (Å²) in [5, 5.41) is 10.9. The van der Waals surface area contributed by atoms with Crippen molar-refractivity contribution < 1.29 is 0 Å². The zero-order valence-corrected chi connectivity index (χ0v) is 15.7. The van der Waals surface area contributed by atoms with Crippen LogP contribution in [-0.2, 0) is 7.05 Å². The topological polar surface area (TPSA) is 68.5 Å². The molecule has 0 fully saturated rings. The third-order valence-electron chi connectivity index (χ3n) is 4.62. The third-order valence-corrected chi connectivity index (χ3v) is 4.91. The van der Waals surface area contributed by atoms with Gasteiger partial charge in [0.2, 0.25) is 0 Å². The van der Waals surface area contributed by atoms with Crippen LogP contribution in [0.25, 0.3) is 32.8 Å². The molecule has 5 rings (SSSR count). The van der Waals surface area contributed by atoms with Crippen molar-refractivity contribution in [1.82, 2.24) is 24.7 Å². The highest BCUT2D eigenvalue weighted by atomic mass is 35.5. The third kappa shape index (κ3) is 2.84. The molecule has 0 saturated carbocycles. The van der Waals surface area contributed by atoms with Crippen LogP contribution in [0.4, 0.5) is 11.5 Å². The summed E-state index contributed by atoms with van der Waals surface area (Å²) in [6.07, 6.45) is 9.00. The summed E-state index contributed by atoms with van der Waals surface area (Å²) in [4.78, 5) is 13.2. The second kappa shape index (κ2) is 6.58. The largest absolute Gasteiger partial charge is 0.338 e. The average Bonchev–Trinajstić information content (AvgIpc) is 3.15. The minimum Gasteiger partial charge on any atom is -0.338 e. The van der Waals surface area contributed by atoms with E-state index in [2.05, 4.69) is 32.5 Å². The van der Waals surface area contributed by atoms with Crippen LogP contribution in [-0.4, -0.2) is 24.7 Å². The Morgan fingerprint density at radius 3 is 2.71 bits per heavy atom. The van der Waals surface area contributed by atoms with Gasteiger partial charge in [-0.15, -0.1) is 0 Å². The first-order chi connectivity index (χ1) is 13.7. The monoisotopic (exact) mass is 386 g/mol. The highest BCUT2D eigenvalue weighted by molar-refractivity contribution is 6.36. The standard InChI is InChI=1S/C21H15ClN6/c1-28-12-14(10-25-28)13-4-5-16-17(9-13)19-18(6-8-24-20(19)22)27-21(16)26-15-3-2-7-23-11-15/h2-12H,1H3,(H,26,27). The highest BCUT2D eigenvalue weighted by Crippen LogP contribution is 2.36. The first-order valence-electron chi connectivity index (χ1n) is 8.73. The number of nitrogens with one attached hydrogen (secondary N) is 1. The summed E-state index contributed by atoms with van der Waals surface area (Å²) in [5.74, 6) is 0.746. The van der Waals surface area contributed by atoms with Gasteiger partial charge in [-0.05, 0) is 35.2 Å². The van der Waals surface area contributed by atoms with Crippen molar-refractivity contribution >= 4 is 44.8 Å². The molecule has 0 aliphatic rings. The molecule has 28 heavy (non-hydrogen) atoms. The summed E-state index contributed by atoms with van der Waals surface area (Å²) in [7, 11) is 1.90. The normalized spacial score (nSPS) is 11.2. The zero-order valence-electron chi connectivity index (χ0n) is 15.0. The maximum atomic E-state index is 6.45. The fraction of sp³-hybridized carbons (Fsp3) is 0.0476. The number of pyridine rings is 3. The summed E-state index contributed by atoms with van der Waals surface area (Å²) in [6.45, 7) is 0. The van der Waals surface area contributed by atoms with Crippen molar-refractivity contribution in [2.75, 3.05) is 5.32 Å². The molecule has 1 N–H and O–H groups in total. The molecule has 7 heteroatoms. The maximum absolute atomic E-state index is 6.45. The number of fused-ring (bicyclic) bond motifs is 3. The van der Waals surface area contributed by atoms with Crippen LogP contribution < -0.4 is 5.32 Å². The summed E-state index contributed by atoms with van der Waals surface area (Å²) in [6, 6.07) is 11.9. The lowest BCUT2D eigenvalue weighted by Crippen LogP contribution is -1.97. The molecule has 136 valence electrons. The highest BCUT2D eigenvalue weighted by Gasteiger charge is 2.13. The van der Waals surface area contributed by atoms with E-state index in [4.69, 9.17) is 16.6 Å². The van der Waals surface area contributed by atoms with Crippen LogP contribution in [0.3, 0.4) is 0 Å². The second-order valence-corrected chi connectivity index (χ2v) is 6.84. The van der Waals surface area contributed by atoms with Gasteiger partial charge in [-0.1, -0.05) is 23.7 Å². The van der Waals surface area contributed by atoms with Gasteiger partial charge in [0.25, 0.3) is 0 Å². The van der Waals surface area contributed by atoms with E-state index >= 15 is 0 Å². The first kappa shape index (κ1) is 16.6. The van der Waals surface area contributed by atoms with E-state index < -0.39 is 0 Å². The Hall–Kier alpha value is -3.51. The average molecular weight is 387 g/mol. The Balaban J connectivity index is 1.78. The van der Waals surface area contributed by atoms with Crippen LogP contribution in [0.5, 0.6) is 0 Å². The van der Waals surface area contributed by atoms with Gasteiger partial charge in [0.15, 0.2) is 0 Å². The number of aromatic nitrogens is 5. The predicted octanol–water partition coefficient (Wildman–Crippen LogP) is 4.98. The molecular weight excluding hydrogens is 372 g/mol. The minimum absolute atomic E-state index is 0.436. The lowest BCUT2D eigenvalue weighted by atomic mass is 10.0. The fourth-order valence-corrected chi connectivity index (χ4v) is 3.58. The molecule has 0 aliphatic heterocycles. The van der Waals surface area contributed by atoms with Crippen molar-refractivity contribution in [2.45, 2.75) is 0 Å². The van der Waals surface area contributed by atoms with Gasteiger partial charge in [-0.3, -0.25) is 9.67 Å². The Morgan fingerprint density at radius 2 is 1.93 bits per heavy atom. The van der Waals surface area contributed by atoms with Gasteiger partial charge in [-0.2, -0.15) is 5.10 Å². The molecule has 4 heterocycles. The number of nitrogens with zero attached hydrogens (tertiary/aromatic N) is 5. The van der Waals surface area contributed by atoms with Crippen molar-refractivity contribution in [3.05, 3.63) is 72.5 Å². The van der Waals surface area contributed by atoms with E-state index in [1.807, 2.05) is 43.7 Å². The van der Waals surface area contributed by atoms with E-state index in [-0.39, 0.29) is 0 Å². The van der Waals surface area contributed by atoms with Gasteiger partial charge in [0.1, 0.15) is 11.0 Å². The number of hydrogen-bond acceptors (Lipinski definition) is 5. The number of rotatable bonds is 3. The van der Waals surface area contributed by atoms with Crippen LogP contribution in [0.15, 0.2) is 67.4 Å². The van der Waals surface area contributed by atoms with Crippen LogP contribution in [0, 0.1) is 0 Å². The van der Waals surface area contributed by atoms with Gasteiger partial charge >= 0.3 is 0 Å². The predicted molar refractivity (Wildman–Crippen MR) is 112 cm³/mol. The molecule has 5 aromatic rings. The Morgan fingerprint density at radius 1 is 1.00 bits per heavy atom. The Kier molecular flexibility index (Phi) is 3.91. The van der Waals surface area contributed by atoms with Crippen LogP contribution in [0.2, 0.25) is 5.15 Å². The number of benzene rings is 1. The fourth-order valence-electron chi connectivity index (χ4n) is 3.33. The minimum atomic E-state index is 0.436. The SMILES string of the molecule is Cn1cc(-c2ccc3c(Nc4cccnc4)nc4ccnc(Cl)c4c3c2)cn1. The number of anilines is 2. The molecule has 0 saturated heterocycles. The van der Waals surface area contributed by atoms with E-state index in [0.717, 1.165) is 44.3 Å². The van der Waals surface area contributed by atoms with Crippen molar-refractivity contribution in [1.29, 1.82) is 0 Å². The summed E-state index contributed by atoms with van der Waals surface area (Å²) >= 11 is 6.45. The summed E-state index contributed by atoms with van der Waals surface area (Å²) < 4.78 is 1.79. The maximum Gasteiger partial charge on any atom is 0.139 e. The molecule has 4 aromatic heterocycles. The lowest BCUT2D eigenvalue weighted by molar-refractivity contribution is 0.768. The smallest absolute Gasteiger partial charge is 0.139 e. The number of aryl methyl sites for hydroxylation is 1. The van der Waals surface area contributed by atoms with Crippen molar-refractivity contribution in [2.24, 2.45) is 7.05 Å². The number of hydrogen-bond donors (Lipinski definition) is 1. The molecule has 0 spiro atoms. The van der Waals surface area contributed by atoms with Crippen molar-refractivity contribution in [3.63, 3.8) is 0 Å². The van der Waals surface area contributed by atoms with E-state index in [0.29, 0.717) is 5.15 Å². The lowest BCUT2D eigenvalue weighted by Gasteiger charge is -2.13. The molecular formula is C21H15ClN6. The molecule has 0 radical (unpaired) electrons. The van der Waals surface area contributed by atoms with Gasteiger partial charge < -0.3 is 5.32 Å². The van der Waals surface area contributed by atoms with Gasteiger partial charge in [0, 0.05) is 42.0 Å². The molecule has 0 aliphatic carbocycles. The van der Waals surface area contributed by atoms with Gasteiger partial charge in [0.05, 0.1) is 23.6 Å². The quantitative estimate of drug-likeness (QED) is 0.350. The van der Waals surface area contributed by atoms with E-state index in [1.165, 1.54) is 0 Å². The van der Waals surface area contributed by atoms with E-state index in [9.17, 15) is 0 Å². The van der Waals surface area contributed by atoms with Gasteiger partial charge in [-0.25, -0.2) is 9.97 Å². The van der Waals surface area contributed by atoms with Crippen molar-refractivity contribution in [3.8, 4) is 11.1 Å². The molecule has 6 nitrogen and oxygen atoms in total.